The van der Waals surface area contributed by atoms with Crippen molar-refractivity contribution >= 4 is 5.91 Å². The van der Waals surface area contributed by atoms with Gasteiger partial charge >= 0.3 is 0 Å². The first-order valence-corrected chi connectivity index (χ1v) is 7.41. The van der Waals surface area contributed by atoms with Crippen LogP contribution in [0.25, 0.3) is 0 Å². The highest BCUT2D eigenvalue weighted by atomic mass is 16.3. The third kappa shape index (κ3) is 3.60. The normalized spacial score (nSPS) is 18.0. The fourth-order valence-corrected chi connectivity index (χ4v) is 3.01. The quantitative estimate of drug-likeness (QED) is 0.887. The molecule has 3 heteroatoms. The van der Waals surface area contributed by atoms with Crippen molar-refractivity contribution in [3.63, 3.8) is 0 Å². The lowest BCUT2D eigenvalue weighted by molar-refractivity contribution is -0.127. The number of carbonyl (C=O) groups excluding carboxylic acids is 1. The van der Waals surface area contributed by atoms with Crippen LogP contribution >= 0.6 is 0 Å². The van der Waals surface area contributed by atoms with Gasteiger partial charge in [-0.15, -0.1) is 0 Å². The molecule has 2 N–H and O–H groups in total. The standard InChI is InChI=1S/C17H25NO2/c1-13-7-6-8-14(11-13)16(2,3)18-15(19)12-17(20)9-4-5-10-17/h6-8,11,20H,4-5,9-10,12H2,1-3H3,(H,18,19). The predicted molar refractivity (Wildman–Crippen MR) is 80.4 cm³/mol. The molecule has 0 saturated heterocycles. The second-order valence-corrected chi connectivity index (χ2v) is 6.65. The Morgan fingerprint density at radius 3 is 2.60 bits per heavy atom. The first-order chi connectivity index (χ1) is 9.31. The average molecular weight is 275 g/mol. The summed E-state index contributed by atoms with van der Waals surface area (Å²) < 4.78 is 0. The van der Waals surface area contributed by atoms with Gasteiger partial charge in [-0.2, -0.15) is 0 Å². The molecule has 20 heavy (non-hydrogen) atoms. The fourth-order valence-electron chi connectivity index (χ4n) is 3.01. The van der Waals surface area contributed by atoms with Crippen molar-refractivity contribution in [2.24, 2.45) is 0 Å². The highest BCUT2D eigenvalue weighted by Crippen LogP contribution is 2.32. The number of rotatable bonds is 4. The van der Waals surface area contributed by atoms with Gasteiger partial charge in [0.15, 0.2) is 0 Å². The molecular weight excluding hydrogens is 250 g/mol. The number of amides is 1. The highest BCUT2D eigenvalue weighted by Gasteiger charge is 2.35. The van der Waals surface area contributed by atoms with E-state index in [-0.39, 0.29) is 12.3 Å². The fraction of sp³-hybridized carbons (Fsp3) is 0.588. The maximum absolute atomic E-state index is 12.2. The van der Waals surface area contributed by atoms with Crippen LogP contribution in [0.4, 0.5) is 0 Å². The van der Waals surface area contributed by atoms with Gasteiger partial charge in [0.1, 0.15) is 0 Å². The average Bonchev–Trinajstić information content (AvgIpc) is 2.74. The van der Waals surface area contributed by atoms with Gasteiger partial charge in [-0.05, 0) is 39.2 Å². The van der Waals surface area contributed by atoms with E-state index in [1.54, 1.807) is 0 Å². The monoisotopic (exact) mass is 275 g/mol. The summed E-state index contributed by atoms with van der Waals surface area (Å²) in [5.74, 6) is -0.0686. The minimum Gasteiger partial charge on any atom is -0.389 e. The summed E-state index contributed by atoms with van der Waals surface area (Å²) in [6.45, 7) is 6.04. The van der Waals surface area contributed by atoms with E-state index in [9.17, 15) is 9.90 Å². The van der Waals surface area contributed by atoms with Gasteiger partial charge in [0.25, 0.3) is 0 Å². The largest absolute Gasteiger partial charge is 0.389 e. The molecule has 0 aromatic heterocycles. The van der Waals surface area contributed by atoms with Gasteiger partial charge < -0.3 is 10.4 Å². The smallest absolute Gasteiger partial charge is 0.223 e. The van der Waals surface area contributed by atoms with E-state index in [0.29, 0.717) is 0 Å². The molecule has 3 nitrogen and oxygen atoms in total. The maximum Gasteiger partial charge on any atom is 0.223 e. The Labute approximate surface area is 121 Å². The van der Waals surface area contributed by atoms with Crippen molar-refractivity contribution in [3.8, 4) is 0 Å². The summed E-state index contributed by atoms with van der Waals surface area (Å²) in [4.78, 5) is 12.2. The van der Waals surface area contributed by atoms with E-state index in [0.717, 1.165) is 31.2 Å². The second-order valence-electron chi connectivity index (χ2n) is 6.65. The van der Waals surface area contributed by atoms with E-state index in [1.807, 2.05) is 39.0 Å². The Hall–Kier alpha value is -1.35. The molecule has 1 aliphatic rings. The maximum atomic E-state index is 12.2. The van der Waals surface area contributed by atoms with E-state index in [1.165, 1.54) is 5.56 Å². The number of nitrogens with one attached hydrogen (secondary N) is 1. The zero-order valence-electron chi connectivity index (χ0n) is 12.7. The molecule has 0 aliphatic heterocycles. The van der Waals surface area contributed by atoms with Gasteiger partial charge in [-0.25, -0.2) is 0 Å². The third-order valence-electron chi connectivity index (χ3n) is 4.22. The van der Waals surface area contributed by atoms with E-state index in [2.05, 4.69) is 11.4 Å². The SMILES string of the molecule is Cc1cccc(C(C)(C)NC(=O)CC2(O)CCCC2)c1. The second kappa shape index (κ2) is 5.57. The van der Waals surface area contributed by atoms with Crippen molar-refractivity contribution in [2.75, 3.05) is 0 Å². The topological polar surface area (TPSA) is 49.3 Å². The highest BCUT2D eigenvalue weighted by molar-refractivity contribution is 5.78. The summed E-state index contributed by atoms with van der Waals surface area (Å²) in [7, 11) is 0. The van der Waals surface area contributed by atoms with Gasteiger partial charge in [-0.3, -0.25) is 4.79 Å². The van der Waals surface area contributed by atoms with E-state index >= 15 is 0 Å². The molecule has 0 heterocycles. The van der Waals surface area contributed by atoms with Gasteiger partial charge in [0.2, 0.25) is 5.91 Å². The van der Waals surface area contributed by atoms with Gasteiger partial charge in [0.05, 0.1) is 17.6 Å². The van der Waals surface area contributed by atoms with Crippen molar-refractivity contribution in [3.05, 3.63) is 35.4 Å². The Morgan fingerprint density at radius 1 is 1.35 bits per heavy atom. The van der Waals surface area contributed by atoms with E-state index in [4.69, 9.17) is 0 Å². The molecule has 110 valence electrons. The number of benzene rings is 1. The van der Waals surface area contributed by atoms with Crippen molar-refractivity contribution in [2.45, 2.75) is 64.0 Å². The number of aryl methyl sites for hydroxylation is 1. The zero-order valence-corrected chi connectivity index (χ0v) is 12.7. The zero-order chi connectivity index (χ0) is 14.8. The van der Waals surface area contributed by atoms with Gasteiger partial charge in [-0.1, -0.05) is 42.7 Å². The van der Waals surface area contributed by atoms with Crippen LogP contribution in [0.1, 0.15) is 57.1 Å². The summed E-state index contributed by atoms with van der Waals surface area (Å²) in [5, 5.41) is 13.4. The Kier molecular flexibility index (Phi) is 4.19. The van der Waals surface area contributed by atoms with Crippen LogP contribution in [0.2, 0.25) is 0 Å². The van der Waals surface area contributed by atoms with Crippen LogP contribution in [0.15, 0.2) is 24.3 Å². The lowest BCUT2D eigenvalue weighted by Crippen LogP contribution is -2.44. The summed E-state index contributed by atoms with van der Waals surface area (Å²) in [6, 6.07) is 8.16. The number of carbonyl (C=O) groups is 1. The number of hydrogen-bond donors (Lipinski definition) is 2. The number of hydrogen-bond acceptors (Lipinski definition) is 2. The number of aliphatic hydroxyl groups is 1. The molecule has 1 saturated carbocycles. The summed E-state index contributed by atoms with van der Waals surface area (Å²) in [5.41, 5.74) is 1.06. The summed E-state index contributed by atoms with van der Waals surface area (Å²) >= 11 is 0. The lowest BCUT2D eigenvalue weighted by Gasteiger charge is -2.29. The van der Waals surface area contributed by atoms with Crippen LogP contribution < -0.4 is 5.32 Å². The molecule has 1 aromatic carbocycles. The van der Waals surface area contributed by atoms with Crippen LogP contribution in [0, 0.1) is 6.92 Å². The first-order valence-electron chi connectivity index (χ1n) is 7.41. The van der Waals surface area contributed by atoms with Crippen LogP contribution in [-0.4, -0.2) is 16.6 Å². The molecule has 1 aromatic rings. The molecule has 0 bridgehead atoms. The molecule has 0 unspecified atom stereocenters. The Morgan fingerprint density at radius 2 is 2.00 bits per heavy atom. The molecule has 0 radical (unpaired) electrons. The van der Waals surface area contributed by atoms with Crippen LogP contribution in [0.3, 0.4) is 0 Å². The first kappa shape index (κ1) is 15.0. The molecule has 2 rings (SSSR count). The molecule has 0 spiro atoms. The third-order valence-corrected chi connectivity index (χ3v) is 4.22. The molecule has 1 fully saturated rings. The Bertz CT molecular complexity index is 488. The molecule has 1 aliphatic carbocycles. The molecule has 0 atom stereocenters. The van der Waals surface area contributed by atoms with Gasteiger partial charge in [0, 0.05) is 0 Å². The van der Waals surface area contributed by atoms with E-state index < -0.39 is 11.1 Å². The molecule has 1 amide bonds. The minimum absolute atomic E-state index is 0.0686. The van der Waals surface area contributed by atoms with Crippen molar-refractivity contribution < 1.29 is 9.90 Å². The molecular formula is C17H25NO2. The van der Waals surface area contributed by atoms with Crippen LogP contribution in [-0.2, 0) is 10.3 Å². The van der Waals surface area contributed by atoms with Crippen molar-refractivity contribution in [1.29, 1.82) is 0 Å². The Balaban J connectivity index is 2.02. The lowest BCUT2D eigenvalue weighted by atomic mass is 9.91. The van der Waals surface area contributed by atoms with Crippen molar-refractivity contribution in [1.82, 2.24) is 5.32 Å². The summed E-state index contributed by atoms with van der Waals surface area (Å²) in [6.07, 6.45) is 3.73. The van der Waals surface area contributed by atoms with Crippen LogP contribution in [0.5, 0.6) is 0 Å². The predicted octanol–water partition coefficient (Wildman–Crippen LogP) is 3.04. The minimum atomic E-state index is -0.785.